The van der Waals surface area contributed by atoms with Gasteiger partial charge in [0.05, 0.1) is 6.26 Å². The smallest absolute Gasteiger partial charge is 0.230 e. The molecule has 0 aliphatic carbocycles. The minimum atomic E-state index is -0.482. The Bertz CT molecular complexity index is 955. The molecule has 8 nitrogen and oxygen atoms in total. The van der Waals surface area contributed by atoms with Gasteiger partial charge in [-0.15, -0.1) is 0 Å². The molecule has 172 valence electrons. The third-order valence-corrected chi connectivity index (χ3v) is 5.37. The fraction of sp³-hybridized carbons (Fsp3) is 0.565. The first kappa shape index (κ1) is 24.7. The number of hydrogen-bond acceptors (Lipinski definition) is 8. The lowest BCUT2D eigenvalue weighted by Crippen LogP contribution is -2.27. The molecular weight excluding hydrogens is 404 g/mol. The number of aromatic hydroxyl groups is 2. The second-order valence-corrected chi connectivity index (χ2v) is 8.84. The van der Waals surface area contributed by atoms with Crippen LogP contribution in [0.15, 0.2) is 43.3 Å². The van der Waals surface area contributed by atoms with Crippen molar-refractivity contribution in [3.63, 3.8) is 0 Å². The molecular formula is C23H32O8. The molecule has 31 heavy (non-hydrogen) atoms. The predicted octanol–water partition coefficient (Wildman–Crippen LogP) is 3.46. The van der Waals surface area contributed by atoms with Crippen molar-refractivity contribution in [2.75, 3.05) is 26.4 Å². The van der Waals surface area contributed by atoms with Gasteiger partial charge in [-0.05, 0) is 24.7 Å². The van der Waals surface area contributed by atoms with Gasteiger partial charge in [-0.2, -0.15) is 0 Å². The van der Waals surface area contributed by atoms with E-state index < -0.39 is 27.4 Å². The van der Waals surface area contributed by atoms with Crippen molar-refractivity contribution in [3.8, 4) is 11.5 Å². The monoisotopic (exact) mass is 436 g/mol. The van der Waals surface area contributed by atoms with Crippen molar-refractivity contribution in [2.45, 2.75) is 57.8 Å². The quantitative estimate of drug-likeness (QED) is 0.486. The van der Waals surface area contributed by atoms with E-state index >= 15 is 0 Å². The van der Waals surface area contributed by atoms with E-state index in [0.29, 0.717) is 50.6 Å². The van der Waals surface area contributed by atoms with Crippen molar-refractivity contribution < 1.29 is 28.5 Å². The lowest BCUT2D eigenvalue weighted by Gasteiger charge is -2.23. The van der Waals surface area contributed by atoms with Gasteiger partial charge in [0.2, 0.25) is 10.9 Å². The van der Waals surface area contributed by atoms with E-state index in [0.717, 1.165) is 18.9 Å². The Morgan fingerprint density at radius 3 is 2.06 bits per heavy atom. The largest absolute Gasteiger partial charge is 0.502 e. The summed E-state index contributed by atoms with van der Waals surface area (Å²) in [6, 6.07) is 1.31. The van der Waals surface area contributed by atoms with Crippen LogP contribution in [0.5, 0.6) is 11.5 Å². The van der Waals surface area contributed by atoms with Crippen molar-refractivity contribution >= 4 is 0 Å². The molecule has 8 heteroatoms. The van der Waals surface area contributed by atoms with Gasteiger partial charge in [0.1, 0.15) is 18.3 Å². The third kappa shape index (κ3) is 6.97. The highest BCUT2D eigenvalue weighted by Crippen LogP contribution is 2.27. The van der Waals surface area contributed by atoms with E-state index in [2.05, 4.69) is 0 Å². The van der Waals surface area contributed by atoms with Crippen LogP contribution in [-0.2, 0) is 20.3 Å². The minimum absolute atomic E-state index is 0.389. The van der Waals surface area contributed by atoms with Gasteiger partial charge in [0.15, 0.2) is 11.5 Å². The minimum Gasteiger partial charge on any atom is -0.502 e. The Balaban J connectivity index is 1.63. The van der Waals surface area contributed by atoms with E-state index in [-0.39, 0.29) is 5.75 Å². The molecule has 0 saturated heterocycles. The van der Waals surface area contributed by atoms with Gasteiger partial charge in [0, 0.05) is 43.5 Å². The highest BCUT2D eigenvalue weighted by Gasteiger charge is 2.26. The van der Waals surface area contributed by atoms with Crippen LogP contribution in [0.3, 0.4) is 0 Å². The summed E-state index contributed by atoms with van der Waals surface area (Å²) in [5, 5.41) is 18.8. The molecule has 2 rings (SSSR count). The SMILES string of the molecule is CC(C)(CCOCCCOCCC(C)(C)c1cocc(O)c1=O)c1cc(=O)c(O)co1. The maximum atomic E-state index is 12.0. The maximum Gasteiger partial charge on any atom is 0.230 e. The van der Waals surface area contributed by atoms with Crippen LogP contribution < -0.4 is 10.9 Å². The Kier molecular flexibility index (Phi) is 8.47. The first-order chi connectivity index (χ1) is 14.5. The van der Waals surface area contributed by atoms with E-state index in [1.165, 1.54) is 12.3 Å². The molecule has 0 unspecified atom stereocenters. The van der Waals surface area contributed by atoms with Crippen molar-refractivity contribution in [3.05, 3.63) is 56.6 Å². The van der Waals surface area contributed by atoms with E-state index in [9.17, 15) is 19.8 Å². The second-order valence-electron chi connectivity index (χ2n) is 8.84. The number of ether oxygens (including phenoxy) is 2. The van der Waals surface area contributed by atoms with Crippen molar-refractivity contribution in [2.24, 2.45) is 0 Å². The third-order valence-electron chi connectivity index (χ3n) is 5.37. The van der Waals surface area contributed by atoms with E-state index in [1.807, 2.05) is 27.7 Å². The zero-order chi connectivity index (χ0) is 23.1. The summed E-state index contributed by atoms with van der Waals surface area (Å²) in [4.78, 5) is 23.6. The molecule has 0 radical (unpaired) electrons. The lowest BCUT2D eigenvalue weighted by atomic mass is 9.83. The fourth-order valence-corrected chi connectivity index (χ4v) is 3.02. The summed E-state index contributed by atoms with van der Waals surface area (Å²) in [7, 11) is 0. The summed E-state index contributed by atoms with van der Waals surface area (Å²) in [6.45, 7) is 9.74. The van der Waals surface area contributed by atoms with Crippen LogP contribution in [0, 0.1) is 0 Å². The molecule has 2 heterocycles. The molecule has 0 aliphatic heterocycles. The van der Waals surface area contributed by atoms with Gasteiger partial charge in [-0.1, -0.05) is 27.7 Å². The molecule has 0 bridgehead atoms. The number of hydrogen-bond donors (Lipinski definition) is 2. The van der Waals surface area contributed by atoms with E-state index in [1.54, 1.807) is 0 Å². The highest BCUT2D eigenvalue weighted by atomic mass is 16.5. The molecule has 0 aromatic carbocycles. The zero-order valence-electron chi connectivity index (χ0n) is 18.6. The zero-order valence-corrected chi connectivity index (χ0v) is 18.6. The summed E-state index contributed by atoms with van der Waals surface area (Å²) in [6.07, 6.45) is 5.45. The van der Waals surface area contributed by atoms with Gasteiger partial charge in [-0.3, -0.25) is 9.59 Å². The second kappa shape index (κ2) is 10.6. The molecule has 0 spiro atoms. The van der Waals surface area contributed by atoms with Crippen molar-refractivity contribution in [1.82, 2.24) is 0 Å². The summed E-state index contributed by atoms with van der Waals surface area (Å²) in [5.74, 6) is -0.283. The molecule has 2 aromatic heterocycles. The molecule has 2 aromatic rings. The Morgan fingerprint density at radius 2 is 1.45 bits per heavy atom. The normalized spacial score (nSPS) is 12.3. The van der Waals surface area contributed by atoms with Gasteiger partial charge >= 0.3 is 0 Å². The van der Waals surface area contributed by atoms with Crippen LogP contribution in [-0.4, -0.2) is 36.6 Å². The Labute approximate surface area is 181 Å². The summed E-state index contributed by atoms with van der Waals surface area (Å²) < 4.78 is 21.7. The van der Waals surface area contributed by atoms with E-state index in [4.69, 9.17) is 18.3 Å². The first-order valence-corrected chi connectivity index (χ1v) is 10.3. The van der Waals surface area contributed by atoms with Crippen molar-refractivity contribution in [1.29, 1.82) is 0 Å². The van der Waals surface area contributed by atoms with Gasteiger partial charge in [0.25, 0.3) is 0 Å². The van der Waals surface area contributed by atoms with Crippen LogP contribution in [0.1, 0.15) is 58.3 Å². The molecule has 0 fully saturated rings. The summed E-state index contributed by atoms with van der Waals surface area (Å²) in [5.41, 5.74) is -1.33. The van der Waals surface area contributed by atoms with Gasteiger partial charge in [-0.25, -0.2) is 0 Å². The summed E-state index contributed by atoms with van der Waals surface area (Å²) >= 11 is 0. The Morgan fingerprint density at radius 1 is 0.839 bits per heavy atom. The Hall–Kier alpha value is -2.58. The van der Waals surface area contributed by atoms with Gasteiger partial charge < -0.3 is 28.5 Å². The molecule has 2 N–H and O–H groups in total. The molecule has 0 saturated carbocycles. The van der Waals surface area contributed by atoms with Crippen LogP contribution in [0.25, 0.3) is 0 Å². The molecule has 0 atom stereocenters. The lowest BCUT2D eigenvalue weighted by molar-refractivity contribution is 0.0694. The van der Waals surface area contributed by atoms with Crippen LogP contribution in [0.4, 0.5) is 0 Å². The predicted molar refractivity (Wildman–Crippen MR) is 115 cm³/mol. The highest BCUT2D eigenvalue weighted by molar-refractivity contribution is 5.26. The first-order valence-electron chi connectivity index (χ1n) is 10.3. The average Bonchev–Trinajstić information content (AvgIpc) is 2.70. The topological polar surface area (TPSA) is 119 Å². The average molecular weight is 437 g/mol. The molecule has 0 aliphatic rings. The van der Waals surface area contributed by atoms with Crippen LogP contribution in [0.2, 0.25) is 0 Å². The van der Waals surface area contributed by atoms with Crippen LogP contribution >= 0.6 is 0 Å². The molecule has 0 amide bonds. The standard InChI is InChI=1S/C23H32O8/c1-22(2,16-13-30-14-19(26)21(16)27)6-10-28-8-5-9-29-11-7-23(3,4)20-12-17(24)18(25)15-31-20/h12-15,25-26H,5-11H2,1-4H3. The number of rotatable bonds is 12. The fourth-order valence-electron chi connectivity index (χ4n) is 3.02. The maximum absolute atomic E-state index is 12.0.